The zero-order chi connectivity index (χ0) is 34.3. The Hall–Kier alpha value is -2.91. The maximum Gasteiger partial charge on any atom is 0.422 e. The summed E-state index contributed by atoms with van der Waals surface area (Å²) in [7, 11) is -2.78. The van der Waals surface area contributed by atoms with Gasteiger partial charge in [0.1, 0.15) is 12.9 Å². The van der Waals surface area contributed by atoms with Crippen LogP contribution in [-0.4, -0.2) is 81.1 Å². The van der Waals surface area contributed by atoms with Gasteiger partial charge in [0.2, 0.25) is 0 Å². The highest BCUT2D eigenvalue weighted by atomic mass is 32.1. The van der Waals surface area contributed by atoms with Crippen LogP contribution in [0.1, 0.15) is 42.5 Å². The standard InChI is InChI=1S/C34H38F6N3O3PS/c1-47(2,44)25-12-13-28(30(16-25)45-20-34(38,39)40)41-14-4-7-31-27(17-33(35,36)37)26-5-3-6-29(32(26)48-31)42-21-8-10-22(11-9-21)43-18-23-15-24(19-43)46-23/h3,5-6,12-13,16,21-24,41-42H,8-11,14-15,17-20H2,1-2H3. The van der Waals surface area contributed by atoms with E-state index in [4.69, 9.17) is 9.47 Å². The molecule has 6 nitrogen and oxygen atoms in total. The molecule has 260 valence electrons. The Morgan fingerprint density at radius 1 is 1.00 bits per heavy atom. The molecule has 2 bridgehead atoms. The Bertz CT molecular complexity index is 1720. The summed E-state index contributed by atoms with van der Waals surface area (Å²) >= 11 is 1.21. The van der Waals surface area contributed by atoms with Crippen LogP contribution in [-0.2, 0) is 15.7 Å². The molecule has 0 radical (unpaired) electrons. The van der Waals surface area contributed by atoms with Crippen molar-refractivity contribution in [2.75, 3.05) is 50.2 Å². The monoisotopic (exact) mass is 713 g/mol. The number of ether oxygens (including phenoxy) is 2. The van der Waals surface area contributed by atoms with Crippen LogP contribution in [0.15, 0.2) is 36.4 Å². The first-order valence-electron chi connectivity index (χ1n) is 16.0. The smallest absolute Gasteiger partial charge is 0.422 e. The zero-order valence-electron chi connectivity index (χ0n) is 26.6. The highest BCUT2D eigenvalue weighted by Gasteiger charge is 2.41. The minimum Gasteiger partial charge on any atom is -0.482 e. The lowest BCUT2D eigenvalue weighted by Crippen LogP contribution is -2.60. The van der Waals surface area contributed by atoms with Gasteiger partial charge in [-0.2, -0.15) is 26.3 Å². The van der Waals surface area contributed by atoms with E-state index in [2.05, 4.69) is 27.4 Å². The van der Waals surface area contributed by atoms with E-state index in [1.165, 1.54) is 42.9 Å². The fourth-order valence-electron chi connectivity index (χ4n) is 6.79. The molecule has 1 aliphatic carbocycles. The van der Waals surface area contributed by atoms with E-state index in [0.29, 0.717) is 33.6 Å². The van der Waals surface area contributed by atoms with Crippen molar-refractivity contribution in [2.45, 2.75) is 75.2 Å². The summed E-state index contributed by atoms with van der Waals surface area (Å²) in [6.07, 6.45) is -4.21. The average molecular weight is 714 g/mol. The van der Waals surface area contributed by atoms with E-state index in [1.807, 2.05) is 6.07 Å². The van der Waals surface area contributed by atoms with E-state index in [1.54, 1.807) is 12.1 Å². The van der Waals surface area contributed by atoms with Crippen LogP contribution < -0.4 is 20.7 Å². The number of nitrogens with zero attached hydrogens (tertiary/aromatic N) is 1. The Kier molecular flexibility index (Phi) is 10.0. The molecule has 2 unspecified atom stereocenters. The molecule has 2 atom stereocenters. The number of thiophene rings is 1. The van der Waals surface area contributed by atoms with Crippen molar-refractivity contribution in [3.63, 3.8) is 0 Å². The summed E-state index contributed by atoms with van der Waals surface area (Å²) in [5, 5.41) is 7.37. The van der Waals surface area contributed by atoms with Crippen LogP contribution in [0.2, 0.25) is 0 Å². The van der Waals surface area contributed by atoms with E-state index in [9.17, 15) is 30.9 Å². The van der Waals surface area contributed by atoms with E-state index in [0.717, 1.165) is 50.9 Å². The number of hydrogen-bond donors (Lipinski definition) is 2. The SMILES string of the molecule is CP(C)(=O)c1ccc(NCC#Cc2sc3c(NC4CCC(N5CC6CC(C5)O6)CC4)cccc3c2CC(F)(F)F)c(OCC(F)(F)F)c1. The maximum absolute atomic E-state index is 13.7. The number of morpholine rings is 1. The minimum absolute atomic E-state index is 0.0731. The number of hydrogen-bond acceptors (Lipinski definition) is 7. The summed E-state index contributed by atoms with van der Waals surface area (Å²) in [5.41, 5.74) is 1.09. The fraction of sp³-hybridized carbons (Fsp3) is 0.529. The number of anilines is 2. The predicted molar refractivity (Wildman–Crippen MR) is 179 cm³/mol. The van der Waals surface area contributed by atoms with Gasteiger partial charge in [0, 0.05) is 36.9 Å². The average Bonchev–Trinajstić information content (AvgIpc) is 3.34. The van der Waals surface area contributed by atoms with Crippen molar-refractivity contribution in [2.24, 2.45) is 0 Å². The molecule has 48 heavy (non-hydrogen) atoms. The number of fused-ring (bicyclic) bond motifs is 3. The van der Waals surface area contributed by atoms with Gasteiger partial charge in [-0.05, 0) is 74.2 Å². The number of rotatable bonds is 9. The first-order valence-corrected chi connectivity index (χ1v) is 19.4. The van der Waals surface area contributed by atoms with Gasteiger partial charge in [-0.15, -0.1) is 11.3 Å². The lowest BCUT2D eigenvalue weighted by molar-refractivity contribution is -0.189. The molecular formula is C34H38F6N3O3PS. The van der Waals surface area contributed by atoms with Crippen LogP contribution in [0.25, 0.3) is 10.1 Å². The van der Waals surface area contributed by atoms with Crippen LogP contribution in [0.5, 0.6) is 5.75 Å². The second-order valence-electron chi connectivity index (χ2n) is 13.2. The normalized spacial score (nSPS) is 23.2. The molecule has 2 aromatic carbocycles. The molecule has 0 amide bonds. The lowest BCUT2D eigenvalue weighted by atomic mass is 9.87. The Balaban J connectivity index is 1.17. The molecule has 2 N–H and O–H groups in total. The van der Waals surface area contributed by atoms with Crippen molar-refractivity contribution < 1.29 is 40.4 Å². The van der Waals surface area contributed by atoms with Gasteiger partial charge < -0.3 is 24.7 Å². The molecule has 3 aromatic rings. The first kappa shape index (κ1) is 34.9. The summed E-state index contributed by atoms with van der Waals surface area (Å²) in [6.45, 7) is 3.37. The second kappa shape index (κ2) is 13.8. The van der Waals surface area contributed by atoms with Crippen molar-refractivity contribution in [1.29, 1.82) is 0 Å². The van der Waals surface area contributed by atoms with Crippen LogP contribution in [0.3, 0.4) is 0 Å². The molecule has 14 heteroatoms. The zero-order valence-corrected chi connectivity index (χ0v) is 28.4. The van der Waals surface area contributed by atoms with Gasteiger partial charge in [0.15, 0.2) is 6.61 Å². The van der Waals surface area contributed by atoms with E-state index < -0.39 is 32.5 Å². The predicted octanol–water partition coefficient (Wildman–Crippen LogP) is 7.86. The molecule has 4 aliphatic rings. The van der Waals surface area contributed by atoms with Crippen molar-refractivity contribution in [3.8, 4) is 17.6 Å². The molecule has 1 aromatic heterocycles. The van der Waals surface area contributed by atoms with Crippen LogP contribution >= 0.6 is 18.5 Å². The molecule has 7 rings (SSSR count). The van der Waals surface area contributed by atoms with Crippen molar-refractivity contribution >= 4 is 45.2 Å². The van der Waals surface area contributed by atoms with Gasteiger partial charge in [-0.1, -0.05) is 24.0 Å². The van der Waals surface area contributed by atoms with Crippen LogP contribution in [0, 0.1) is 11.8 Å². The van der Waals surface area contributed by atoms with Gasteiger partial charge in [0.25, 0.3) is 0 Å². The molecule has 3 saturated heterocycles. The number of nitrogens with one attached hydrogen (secondary N) is 2. The molecule has 4 fully saturated rings. The summed E-state index contributed by atoms with van der Waals surface area (Å²) < 4.78 is 104. The number of halogens is 6. The maximum atomic E-state index is 13.7. The Labute approximate surface area is 279 Å². The Morgan fingerprint density at radius 2 is 1.71 bits per heavy atom. The van der Waals surface area contributed by atoms with E-state index >= 15 is 0 Å². The summed E-state index contributed by atoms with van der Waals surface area (Å²) in [6, 6.07) is 10.4. The highest BCUT2D eigenvalue weighted by Crippen LogP contribution is 2.41. The summed E-state index contributed by atoms with van der Waals surface area (Å²) in [5.74, 6) is 5.59. The van der Waals surface area contributed by atoms with Crippen molar-refractivity contribution in [3.05, 3.63) is 46.8 Å². The molecular weight excluding hydrogens is 675 g/mol. The second-order valence-corrected chi connectivity index (χ2v) is 17.4. The molecule has 3 aliphatic heterocycles. The van der Waals surface area contributed by atoms with Crippen LogP contribution in [0.4, 0.5) is 37.7 Å². The third kappa shape index (κ3) is 8.62. The number of piperidine rings is 1. The third-order valence-corrected chi connectivity index (χ3v) is 11.8. The fourth-order valence-corrected chi connectivity index (χ4v) is 8.82. The highest BCUT2D eigenvalue weighted by molar-refractivity contribution is 7.70. The number of benzene rings is 2. The molecule has 1 saturated carbocycles. The van der Waals surface area contributed by atoms with Gasteiger partial charge >= 0.3 is 12.4 Å². The molecule has 0 spiro atoms. The van der Waals surface area contributed by atoms with Gasteiger partial charge in [0.05, 0.1) is 46.1 Å². The largest absolute Gasteiger partial charge is 0.482 e. The minimum atomic E-state index is -4.58. The third-order valence-electron chi connectivity index (χ3n) is 9.10. The van der Waals surface area contributed by atoms with Gasteiger partial charge in [-0.25, -0.2) is 0 Å². The topological polar surface area (TPSA) is 62.8 Å². The first-order chi connectivity index (χ1) is 22.6. The number of alkyl halides is 6. The summed E-state index contributed by atoms with van der Waals surface area (Å²) in [4.78, 5) is 2.84. The van der Waals surface area contributed by atoms with E-state index in [-0.39, 0.29) is 34.5 Å². The lowest BCUT2D eigenvalue weighted by Gasteiger charge is -2.50. The molecule has 4 heterocycles. The van der Waals surface area contributed by atoms with Crippen molar-refractivity contribution in [1.82, 2.24) is 4.90 Å². The quantitative estimate of drug-likeness (QED) is 0.134. The Morgan fingerprint density at radius 3 is 2.35 bits per heavy atom. The van der Waals surface area contributed by atoms with Gasteiger partial charge in [-0.3, -0.25) is 4.90 Å².